The van der Waals surface area contributed by atoms with Crippen molar-refractivity contribution in [1.29, 1.82) is 0 Å². The number of ether oxygens (including phenoxy) is 2. The highest BCUT2D eigenvalue weighted by Crippen LogP contribution is 2.46. The van der Waals surface area contributed by atoms with Crippen LogP contribution in [-0.2, 0) is 9.53 Å². The first-order valence-electron chi connectivity index (χ1n) is 5.96. The maximum atomic E-state index is 11.5. The monoisotopic (exact) mass is 234 g/mol. The molecule has 0 bridgehead atoms. The molecule has 0 aliphatic heterocycles. The number of esters is 1. The molecule has 92 valence electrons. The Morgan fingerprint density at radius 3 is 2.65 bits per heavy atom. The van der Waals surface area contributed by atoms with E-state index < -0.39 is 0 Å². The van der Waals surface area contributed by atoms with Crippen LogP contribution in [0.1, 0.15) is 30.7 Å². The van der Waals surface area contributed by atoms with E-state index in [1.54, 1.807) is 7.11 Å². The van der Waals surface area contributed by atoms with Gasteiger partial charge in [0.05, 0.1) is 20.6 Å². The molecule has 0 N–H and O–H groups in total. The van der Waals surface area contributed by atoms with E-state index in [-0.39, 0.29) is 11.9 Å². The molecule has 1 saturated carbocycles. The van der Waals surface area contributed by atoms with Crippen LogP contribution in [0.2, 0.25) is 0 Å². The zero-order valence-electron chi connectivity index (χ0n) is 10.3. The van der Waals surface area contributed by atoms with Crippen molar-refractivity contribution in [2.45, 2.75) is 25.2 Å². The van der Waals surface area contributed by atoms with E-state index >= 15 is 0 Å². The molecule has 1 atom stereocenters. The molecular formula is C14H18O3. The van der Waals surface area contributed by atoms with E-state index in [1.807, 2.05) is 24.3 Å². The molecule has 0 heterocycles. The first kappa shape index (κ1) is 12.0. The molecule has 1 aromatic rings. The summed E-state index contributed by atoms with van der Waals surface area (Å²) < 4.78 is 10.1. The zero-order valence-corrected chi connectivity index (χ0v) is 10.3. The summed E-state index contributed by atoms with van der Waals surface area (Å²) in [6, 6.07) is 7.93. The number of rotatable bonds is 5. The fourth-order valence-corrected chi connectivity index (χ4v) is 2.26. The molecule has 1 aliphatic rings. The Balaban J connectivity index is 2.22. The predicted octanol–water partition coefficient (Wildman–Crippen LogP) is 2.75. The van der Waals surface area contributed by atoms with Gasteiger partial charge in [-0.1, -0.05) is 18.2 Å². The summed E-state index contributed by atoms with van der Waals surface area (Å²) in [6.45, 7) is 0. The lowest BCUT2D eigenvalue weighted by atomic mass is 9.90. The Morgan fingerprint density at radius 1 is 1.35 bits per heavy atom. The minimum Gasteiger partial charge on any atom is -0.496 e. The smallest absolute Gasteiger partial charge is 0.306 e. The lowest BCUT2D eigenvalue weighted by Crippen LogP contribution is -2.11. The van der Waals surface area contributed by atoms with E-state index in [4.69, 9.17) is 9.47 Å². The molecule has 2 rings (SSSR count). The van der Waals surface area contributed by atoms with Crippen molar-refractivity contribution in [2.75, 3.05) is 14.2 Å². The van der Waals surface area contributed by atoms with Crippen molar-refractivity contribution in [1.82, 2.24) is 0 Å². The van der Waals surface area contributed by atoms with Crippen molar-refractivity contribution < 1.29 is 14.3 Å². The van der Waals surface area contributed by atoms with Gasteiger partial charge in [-0.15, -0.1) is 0 Å². The topological polar surface area (TPSA) is 35.5 Å². The fraction of sp³-hybridized carbons (Fsp3) is 0.500. The van der Waals surface area contributed by atoms with Crippen LogP contribution >= 0.6 is 0 Å². The standard InChI is InChI=1S/C14H18O3/c1-16-13-6-4-3-5-11(13)12(10-7-8-10)9-14(15)17-2/h3-6,10,12H,7-9H2,1-2H3. The third kappa shape index (κ3) is 2.78. The van der Waals surface area contributed by atoms with Crippen molar-refractivity contribution in [3.05, 3.63) is 29.8 Å². The second-order valence-electron chi connectivity index (χ2n) is 4.47. The number of para-hydroxylation sites is 1. The average molecular weight is 234 g/mol. The molecule has 1 aliphatic carbocycles. The molecule has 1 aromatic carbocycles. The largest absolute Gasteiger partial charge is 0.496 e. The summed E-state index contributed by atoms with van der Waals surface area (Å²) >= 11 is 0. The number of carbonyl (C=O) groups excluding carboxylic acids is 1. The molecule has 1 unspecified atom stereocenters. The molecular weight excluding hydrogens is 216 g/mol. The summed E-state index contributed by atoms with van der Waals surface area (Å²) in [6.07, 6.45) is 2.83. The third-order valence-electron chi connectivity index (χ3n) is 3.34. The molecule has 17 heavy (non-hydrogen) atoms. The molecule has 0 aromatic heterocycles. The van der Waals surface area contributed by atoms with Gasteiger partial charge in [0.15, 0.2) is 0 Å². The summed E-state index contributed by atoms with van der Waals surface area (Å²) in [4.78, 5) is 11.5. The van der Waals surface area contributed by atoms with Gasteiger partial charge in [0.1, 0.15) is 5.75 Å². The first-order valence-corrected chi connectivity index (χ1v) is 5.96. The second-order valence-corrected chi connectivity index (χ2v) is 4.47. The van der Waals surface area contributed by atoms with Crippen molar-refractivity contribution in [3.63, 3.8) is 0 Å². The number of benzene rings is 1. The molecule has 0 saturated heterocycles. The number of hydrogen-bond acceptors (Lipinski definition) is 3. The van der Waals surface area contributed by atoms with Gasteiger partial charge in [-0.3, -0.25) is 4.79 Å². The van der Waals surface area contributed by atoms with Crippen molar-refractivity contribution >= 4 is 5.97 Å². The van der Waals surface area contributed by atoms with Gasteiger partial charge in [-0.05, 0) is 30.4 Å². The van der Waals surface area contributed by atoms with Crippen LogP contribution in [-0.4, -0.2) is 20.2 Å². The third-order valence-corrected chi connectivity index (χ3v) is 3.34. The lowest BCUT2D eigenvalue weighted by molar-refractivity contribution is -0.141. The van der Waals surface area contributed by atoms with E-state index in [2.05, 4.69) is 0 Å². The van der Waals surface area contributed by atoms with Crippen LogP contribution in [0.5, 0.6) is 5.75 Å². The Labute approximate surface area is 102 Å². The minimum absolute atomic E-state index is 0.146. The summed E-state index contributed by atoms with van der Waals surface area (Å²) in [7, 11) is 3.11. The van der Waals surface area contributed by atoms with Crippen LogP contribution < -0.4 is 4.74 Å². The predicted molar refractivity (Wildman–Crippen MR) is 65.1 cm³/mol. The fourth-order valence-electron chi connectivity index (χ4n) is 2.26. The Bertz CT molecular complexity index is 396. The lowest BCUT2D eigenvalue weighted by Gasteiger charge is -2.18. The van der Waals surface area contributed by atoms with Crippen LogP contribution in [0.15, 0.2) is 24.3 Å². The Kier molecular flexibility index (Phi) is 3.67. The molecule has 0 radical (unpaired) electrons. The van der Waals surface area contributed by atoms with Crippen LogP contribution in [0.25, 0.3) is 0 Å². The van der Waals surface area contributed by atoms with Gasteiger partial charge in [0.2, 0.25) is 0 Å². The molecule has 0 amide bonds. The van der Waals surface area contributed by atoms with Crippen LogP contribution in [0, 0.1) is 5.92 Å². The molecule has 3 nitrogen and oxygen atoms in total. The summed E-state index contributed by atoms with van der Waals surface area (Å²) in [5.41, 5.74) is 1.13. The second kappa shape index (κ2) is 5.21. The van der Waals surface area contributed by atoms with Gasteiger partial charge in [-0.25, -0.2) is 0 Å². The molecule has 1 fully saturated rings. The van der Waals surface area contributed by atoms with Crippen molar-refractivity contribution in [2.24, 2.45) is 5.92 Å². The van der Waals surface area contributed by atoms with Gasteiger partial charge in [-0.2, -0.15) is 0 Å². The normalized spacial score (nSPS) is 16.4. The van der Waals surface area contributed by atoms with Gasteiger partial charge in [0, 0.05) is 5.92 Å². The van der Waals surface area contributed by atoms with Crippen LogP contribution in [0.3, 0.4) is 0 Å². The van der Waals surface area contributed by atoms with E-state index in [0.29, 0.717) is 12.3 Å². The summed E-state index contributed by atoms with van der Waals surface area (Å²) in [5, 5.41) is 0. The first-order chi connectivity index (χ1) is 8.26. The number of methoxy groups -OCH3 is 2. The van der Waals surface area contributed by atoms with E-state index in [0.717, 1.165) is 11.3 Å². The van der Waals surface area contributed by atoms with Gasteiger partial charge >= 0.3 is 5.97 Å². The quantitative estimate of drug-likeness (QED) is 0.735. The number of carbonyl (C=O) groups is 1. The Hall–Kier alpha value is -1.51. The molecule has 3 heteroatoms. The maximum absolute atomic E-state index is 11.5. The molecule has 0 spiro atoms. The Morgan fingerprint density at radius 2 is 2.06 bits per heavy atom. The maximum Gasteiger partial charge on any atom is 0.306 e. The highest BCUT2D eigenvalue weighted by atomic mass is 16.5. The van der Waals surface area contributed by atoms with Gasteiger partial charge in [0.25, 0.3) is 0 Å². The zero-order chi connectivity index (χ0) is 12.3. The van der Waals surface area contributed by atoms with E-state index in [9.17, 15) is 4.79 Å². The van der Waals surface area contributed by atoms with Crippen LogP contribution in [0.4, 0.5) is 0 Å². The SMILES string of the molecule is COC(=O)CC(c1ccccc1OC)C1CC1. The highest BCUT2D eigenvalue weighted by molar-refractivity contribution is 5.70. The average Bonchev–Trinajstić information content (AvgIpc) is 3.20. The van der Waals surface area contributed by atoms with Crippen molar-refractivity contribution in [3.8, 4) is 5.75 Å². The number of hydrogen-bond donors (Lipinski definition) is 0. The van der Waals surface area contributed by atoms with E-state index in [1.165, 1.54) is 20.0 Å². The summed E-state index contributed by atoms with van der Waals surface area (Å²) in [5.74, 6) is 1.56. The van der Waals surface area contributed by atoms with Gasteiger partial charge < -0.3 is 9.47 Å². The minimum atomic E-state index is -0.146. The highest BCUT2D eigenvalue weighted by Gasteiger charge is 2.35.